The van der Waals surface area contributed by atoms with Gasteiger partial charge in [-0.1, -0.05) is 12.1 Å². The Morgan fingerprint density at radius 1 is 1.30 bits per heavy atom. The molecule has 0 atom stereocenters. The number of hydrogen-bond donors (Lipinski definition) is 0. The average molecular weight is 274 g/mol. The molecule has 108 valence electrons. The van der Waals surface area contributed by atoms with Crippen molar-refractivity contribution in [3.8, 4) is 0 Å². The smallest absolute Gasteiger partial charge is 0.140 e. The van der Waals surface area contributed by atoms with Gasteiger partial charge in [0.05, 0.1) is 17.5 Å². The van der Waals surface area contributed by atoms with Gasteiger partial charge in [-0.3, -0.25) is 4.79 Å². The zero-order valence-electron chi connectivity index (χ0n) is 12.3. The van der Waals surface area contributed by atoms with Crippen molar-refractivity contribution >= 4 is 16.8 Å². The molecule has 0 fully saturated rings. The van der Waals surface area contributed by atoms with Gasteiger partial charge in [-0.05, 0) is 32.4 Å². The van der Waals surface area contributed by atoms with Crippen molar-refractivity contribution in [3.63, 3.8) is 0 Å². The lowest BCUT2D eigenvalue weighted by Crippen LogP contribution is -2.10. The highest BCUT2D eigenvalue weighted by atomic mass is 16.5. The predicted molar refractivity (Wildman–Crippen MR) is 79.8 cm³/mol. The van der Waals surface area contributed by atoms with Crippen molar-refractivity contribution in [2.45, 2.75) is 39.7 Å². The number of imidazole rings is 1. The van der Waals surface area contributed by atoms with Crippen LogP contribution < -0.4 is 0 Å². The molecule has 0 amide bonds. The largest absolute Gasteiger partial charge is 0.382 e. The zero-order chi connectivity index (χ0) is 14.4. The molecule has 0 spiro atoms. The molecule has 1 aromatic carbocycles. The van der Waals surface area contributed by atoms with Crippen LogP contribution in [-0.4, -0.2) is 28.5 Å². The van der Waals surface area contributed by atoms with Crippen molar-refractivity contribution < 1.29 is 9.53 Å². The summed E-state index contributed by atoms with van der Waals surface area (Å²) in [5.74, 6) is 1.10. The quantitative estimate of drug-likeness (QED) is 0.695. The van der Waals surface area contributed by atoms with Crippen molar-refractivity contribution in [1.82, 2.24) is 9.55 Å². The first-order valence-corrected chi connectivity index (χ1v) is 7.29. The highest BCUT2D eigenvalue weighted by Gasteiger charge is 2.12. The molecular formula is C16H22N2O2. The van der Waals surface area contributed by atoms with Crippen molar-refractivity contribution in [3.05, 3.63) is 30.1 Å². The van der Waals surface area contributed by atoms with E-state index in [1.165, 1.54) is 0 Å². The van der Waals surface area contributed by atoms with Gasteiger partial charge < -0.3 is 9.30 Å². The van der Waals surface area contributed by atoms with Crippen molar-refractivity contribution in [2.75, 3.05) is 13.2 Å². The summed E-state index contributed by atoms with van der Waals surface area (Å²) in [4.78, 5) is 16.6. The average Bonchev–Trinajstić information content (AvgIpc) is 2.80. The Labute approximate surface area is 119 Å². The second-order valence-corrected chi connectivity index (χ2v) is 4.78. The summed E-state index contributed by atoms with van der Waals surface area (Å²) < 4.78 is 7.37. The number of rotatable bonds is 8. The number of benzene rings is 1. The number of hydrogen-bond acceptors (Lipinski definition) is 3. The van der Waals surface area contributed by atoms with Crippen LogP contribution in [0.25, 0.3) is 11.0 Å². The molecule has 0 radical (unpaired) electrons. The zero-order valence-corrected chi connectivity index (χ0v) is 12.3. The Morgan fingerprint density at radius 3 is 2.85 bits per heavy atom. The summed E-state index contributed by atoms with van der Waals surface area (Å²) in [6, 6.07) is 8.02. The van der Waals surface area contributed by atoms with E-state index in [2.05, 4.69) is 22.5 Å². The number of nitrogens with zero attached hydrogens (tertiary/aromatic N) is 2. The minimum Gasteiger partial charge on any atom is -0.382 e. The Balaban J connectivity index is 2.03. The lowest BCUT2D eigenvalue weighted by molar-refractivity contribution is -0.118. The van der Waals surface area contributed by atoms with Crippen LogP contribution in [0.1, 0.15) is 32.5 Å². The van der Waals surface area contributed by atoms with Gasteiger partial charge in [0, 0.05) is 26.2 Å². The Morgan fingerprint density at radius 2 is 2.10 bits per heavy atom. The fourth-order valence-corrected chi connectivity index (χ4v) is 2.39. The summed E-state index contributed by atoms with van der Waals surface area (Å²) in [5.41, 5.74) is 2.07. The van der Waals surface area contributed by atoms with Gasteiger partial charge in [0.1, 0.15) is 11.6 Å². The maximum Gasteiger partial charge on any atom is 0.140 e. The first-order valence-electron chi connectivity index (χ1n) is 7.29. The van der Waals surface area contributed by atoms with Crippen LogP contribution in [0.5, 0.6) is 0 Å². The molecule has 20 heavy (non-hydrogen) atoms. The Bertz CT molecular complexity index is 575. The van der Waals surface area contributed by atoms with Crippen LogP contribution in [0.3, 0.4) is 0 Å². The van der Waals surface area contributed by atoms with E-state index in [1.54, 1.807) is 0 Å². The Hall–Kier alpha value is -1.68. The van der Waals surface area contributed by atoms with Gasteiger partial charge >= 0.3 is 0 Å². The van der Waals surface area contributed by atoms with Gasteiger partial charge in [-0.15, -0.1) is 0 Å². The monoisotopic (exact) mass is 274 g/mol. The first kappa shape index (κ1) is 14.7. The molecule has 0 aliphatic rings. The molecule has 0 aliphatic carbocycles. The van der Waals surface area contributed by atoms with Gasteiger partial charge in [-0.25, -0.2) is 4.98 Å². The molecule has 0 unspecified atom stereocenters. The number of ketones is 1. The molecule has 1 heterocycles. The molecule has 0 aliphatic heterocycles. The summed E-state index contributed by atoms with van der Waals surface area (Å²) in [6.07, 6.45) is 1.76. The van der Waals surface area contributed by atoms with Gasteiger partial charge in [-0.2, -0.15) is 0 Å². The highest BCUT2D eigenvalue weighted by molar-refractivity contribution is 5.82. The minimum atomic E-state index is 0.231. The van der Waals surface area contributed by atoms with E-state index in [-0.39, 0.29) is 5.78 Å². The Kier molecular flexibility index (Phi) is 5.30. The van der Waals surface area contributed by atoms with Crippen LogP contribution in [0, 0.1) is 0 Å². The molecule has 4 heteroatoms. The number of fused-ring (bicyclic) bond motifs is 1. The van der Waals surface area contributed by atoms with E-state index in [0.717, 1.165) is 29.8 Å². The van der Waals surface area contributed by atoms with Crippen LogP contribution in [0.2, 0.25) is 0 Å². The minimum absolute atomic E-state index is 0.231. The number of para-hydroxylation sites is 2. The standard InChI is InChI=1S/C16H22N2O2/c1-3-18-15-10-6-5-9-14(15)17-16(18)12-13(19)8-7-11-20-4-2/h5-6,9-10H,3-4,7-8,11-12H2,1-2H3. The van der Waals surface area contributed by atoms with Crippen LogP contribution in [-0.2, 0) is 22.5 Å². The molecule has 4 nitrogen and oxygen atoms in total. The number of carbonyl (C=O) groups is 1. The second-order valence-electron chi connectivity index (χ2n) is 4.78. The summed E-state index contributed by atoms with van der Waals surface area (Å²) in [5, 5.41) is 0. The van der Waals surface area contributed by atoms with Gasteiger partial charge in [0.25, 0.3) is 0 Å². The summed E-state index contributed by atoms with van der Waals surface area (Å²) in [6.45, 7) is 6.25. The van der Waals surface area contributed by atoms with Crippen LogP contribution in [0.4, 0.5) is 0 Å². The van der Waals surface area contributed by atoms with Crippen LogP contribution >= 0.6 is 0 Å². The molecular weight excluding hydrogens is 252 g/mol. The number of Topliss-reactive ketones (excluding diaryl/α,β-unsaturated/α-hetero) is 1. The predicted octanol–water partition coefficient (Wildman–Crippen LogP) is 2.98. The SMILES string of the molecule is CCOCCCC(=O)Cc1nc2ccccc2n1CC. The van der Waals surface area contributed by atoms with E-state index >= 15 is 0 Å². The third kappa shape index (κ3) is 3.45. The molecule has 2 rings (SSSR count). The topological polar surface area (TPSA) is 44.1 Å². The molecule has 2 aromatic rings. The molecule has 1 aromatic heterocycles. The van der Waals surface area contributed by atoms with Gasteiger partial charge in [0.2, 0.25) is 0 Å². The molecule has 0 saturated carbocycles. The molecule has 0 N–H and O–H groups in total. The number of carbonyl (C=O) groups excluding carboxylic acids is 1. The molecule has 0 saturated heterocycles. The van der Waals surface area contributed by atoms with E-state index in [1.807, 2.05) is 25.1 Å². The van der Waals surface area contributed by atoms with Gasteiger partial charge in [0.15, 0.2) is 0 Å². The fraction of sp³-hybridized carbons (Fsp3) is 0.500. The fourth-order valence-electron chi connectivity index (χ4n) is 2.39. The van der Waals surface area contributed by atoms with Crippen LogP contribution in [0.15, 0.2) is 24.3 Å². The maximum absolute atomic E-state index is 12.0. The van der Waals surface area contributed by atoms with Crippen molar-refractivity contribution in [2.24, 2.45) is 0 Å². The number of aromatic nitrogens is 2. The molecule has 0 bridgehead atoms. The first-order chi connectivity index (χ1) is 9.76. The van der Waals surface area contributed by atoms with E-state index in [9.17, 15) is 4.79 Å². The summed E-state index contributed by atoms with van der Waals surface area (Å²) >= 11 is 0. The third-order valence-electron chi connectivity index (χ3n) is 3.35. The van der Waals surface area contributed by atoms with E-state index < -0.39 is 0 Å². The lowest BCUT2D eigenvalue weighted by atomic mass is 10.1. The van der Waals surface area contributed by atoms with Crippen molar-refractivity contribution in [1.29, 1.82) is 0 Å². The number of ether oxygens (including phenoxy) is 1. The van der Waals surface area contributed by atoms with E-state index in [4.69, 9.17) is 4.74 Å². The third-order valence-corrected chi connectivity index (χ3v) is 3.35. The highest BCUT2D eigenvalue weighted by Crippen LogP contribution is 2.16. The normalized spacial score (nSPS) is 11.1. The maximum atomic E-state index is 12.0. The second kappa shape index (κ2) is 7.20. The van der Waals surface area contributed by atoms with E-state index in [0.29, 0.717) is 26.1 Å². The summed E-state index contributed by atoms with van der Waals surface area (Å²) in [7, 11) is 0. The lowest BCUT2D eigenvalue weighted by Gasteiger charge is -2.05. The number of aryl methyl sites for hydroxylation is 1.